The molecule has 0 spiro atoms. The SMILES string of the molecule is CCOC(=O)Cn1nc(C(F)F)c2c1CC(=O)C2.CCOC(=O)Cn1nc(C(F)F)c2c1CC(F)(F)C2.NC(=O)c1cc(-c2cccnc2[C@@H](CC(=O)Cn2nc(C(F)F)c3c2CC(F)(F)C3)Cc2cc(F)cc(F)c2)ccc1F.O=C(O)Cn1nc(C(F)F)c2c1CC(F)(F)C2. The van der Waals surface area contributed by atoms with E-state index in [-0.39, 0.29) is 102 Å². The van der Waals surface area contributed by atoms with Gasteiger partial charge in [-0.2, -0.15) is 20.4 Å². The second-order valence-corrected chi connectivity index (χ2v) is 22.5. The van der Waals surface area contributed by atoms with Gasteiger partial charge < -0.3 is 20.3 Å². The summed E-state index contributed by atoms with van der Waals surface area (Å²) in [5, 5.41) is 22.9. The molecule has 11 rings (SSSR count). The third-order valence-corrected chi connectivity index (χ3v) is 15.4. The zero-order valence-electron chi connectivity index (χ0n) is 50.6. The van der Waals surface area contributed by atoms with Crippen molar-refractivity contribution >= 4 is 35.4 Å². The minimum absolute atomic E-state index is 0.00615. The number of carboxylic acids is 1. The molecule has 36 heteroatoms. The maximum absolute atomic E-state index is 14.2. The zero-order chi connectivity index (χ0) is 71.3. The molecule has 0 bridgehead atoms. The third-order valence-electron chi connectivity index (χ3n) is 15.4. The Balaban J connectivity index is 0.000000184. The molecule has 0 saturated heterocycles. The van der Waals surface area contributed by atoms with Crippen LogP contribution < -0.4 is 5.73 Å². The molecule has 0 radical (unpaired) electrons. The first-order valence-electron chi connectivity index (χ1n) is 29.1. The Labute approximate surface area is 536 Å². The molecule has 5 aromatic heterocycles. The third kappa shape index (κ3) is 17.7. The van der Waals surface area contributed by atoms with Crippen LogP contribution in [-0.2, 0) is 117 Å². The van der Waals surface area contributed by atoms with Crippen LogP contribution >= 0.6 is 0 Å². The van der Waals surface area contributed by atoms with E-state index in [0.717, 1.165) is 36.9 Å². The number of hydrogen-bond acceptors (Lipinski definition) is 13. The number of amides is 1. The number of pyridine rings is 1. The minimum Gasteiger partial charge on any atom is -0.480 e. The molecule has 97 heavy (non-hydrogen) atoms. The number of carbonyl (C=O) groups is 6. The smallest absolute Gasteiger partial charge is 0.327 e. The number of alkyl halides is 14. The summed E-state index contributed by atoms with van der Waals surface area (Å²) in [4.78, 5) is 73.9. The van der Waals surface area contributed by atoms with Crippen molar-refractivity contribution in [3.05, 3.63) is 157 Å². The van der Waals surface area contributed by atoms with Gasteiger partial charge in [0.2, 0.25) is 0 Å². The predicted molar refractivity (Wildman–Crippen MR) is 300 cm³/mol. The van der Waals surface area contributed by atoms with Gasteiger partial charge in [-0.25, -0.2) is 74.6 Å². The van der Waals surface area contributed by atoms with Gasteiger partial charge in [-0.15, -0.1) is 0 Å². The molecule has 4 aliphatic carbocycles. The van der Waals surface area contributed by atoms with Crippen molar-refractivity contribution in [2.75, 3.05) is 13.2 Å². The summed E-state index contributed by atoms with van der Waals surface area (Å²) in [6.07, 6.45) is -15.6. The highest BCUT2D eigenvalue weighted by Gasteiger charge is 2.46. The van der Waals surface area contributed by atoms with Gasteiger partial charge in [-0.05, 0) is 61.7 Å². The first kappa shape index (κ1) is 73.3. The Hall–Kier alpha value is -9.54. The van der Waals surface area contributed by atoms with Gasteiger partial charge in [-0.3, -0.25) is 52.5 Å². The van der Waals surface area contributed by atoms with E-state index in [1.54, 1.807) is 26.0 Å². The number of ether oxygens (including phenoxy) is 2. The van der Waals surface area contributed by atoms with E-state index in [4.69, 9.17) is 15.6 Å². The van der Waals surface area contributed by atoms with E-state index in [1.807, 2.05) is 0 Å². The Kier molecular flexibility index (Phi) is 22.5. The fourth-order valence-corrected chi connectivity index (χ4v) is 11.6. The molecule has 1 amide bonds. The lowest BCUT2D eigenvalue weighted by Gasteiger charge is -2.20. The van der Waals surface area contributed by atoms with Crippen LogP contribution in [-0.4, -0.2) is 116 Å². The fourth-order valence-electron chi connectivity index (χ4n) is 11.6. The van der Waals surface area contributed by atoms with E-state index >= 15 is 0 Å². The summed E-state index contributed by atoms with van der Waals surface area (Å²) in [6.45, 7) is 1.61. The summed E-state index contributed by atoms with van der Waals surface area (Å²) in [5.41, 5.74) is 3.13. The summed E-state index contributed by atoms with van der Waals surface area (Å²) in [6, 6.07) is 9.55. The van der Waals surface area contributed by atoms with E-state index in [1.165, 1.54) is 18.3 Å². The second kappa shape index (κ2) is 29.8. The van der Waals surface area contributed by atoms with Gasteiger partial charge in [0.1, 0.15) is 65.6 Å². The number of primary amides is 1. The van der Waals surface area contributed by atoms with Gasteiger partial charge in [0.15, 0.2) is 5.78 Å². The highest BCUT2D eigenvalue weighted by atomic mass is 19.3. The van der Waals surface area contributed by atoms with Gasteiger partial charge in [-0.1, -0.05) is 12.1 Å². The molecule has 0 unspecified atom stereocenters. The highest BCUT2D eigenvalue weighted by Crippen LogP contribution is 2.43. The first-order chi connectivity index (χ1) is 45.5. The van der Waals surface area contributed by atoms with Gasteiger partial charge in [0.05, 0.1) is 56.0 Å². The number of benzene rings is 2. The van der Waals surface area contributed by atoms with E-state index in [9.17, 15) is 103 Å². The molecular weight excluding hydrogens is 1340 g/mol. The van der Waals surface area contributed by atoms with Crippen LogP contribution in [0.4, 0.5) is 74.6 Å². The molecule has 19 nitrogen and oxygen atoms in total. The van der Waals surface area contributed by atoms with Gasteiger partial charge in [0, 0.05) is 102 Å². The standard InChI is InChI=1S/C30H23F7N4O2.C11H12F4N2O2.C11H12F2N2O3.C9H8F4N2O2/c31-18-7-15(8-19(32)11-18)6-17(26-21(2-1-5-39-26)16-3-4-24(33)22(10-16)29(38)43)9-20(42)14-41-25-13-30(36,37)12-23(25)27(40-41)28(34)35;1-2-19-8(18)5-17-7-4-11(14,15)3-6(7)9(16-17)10(12)13;1-2-18-9(17)5-15-8-4-6(16)3-7(8)10(14-15)11(12)13;10-8(11)7-4-1-9(12,13)2-5(4)15(14-7)3-6(16)17/h1-5,7-8,10-11,17,28H,6,9,12-14H2,(H2,38,43);10H,2-5H2,1H3;11H,2-5H2,1H3;8H,1-3H2,(H,16,17)/t17-;;;/m1.../s1. The van der Waals surface area contributed by atoms with Crippen LogP contribution in [0.1, 0.15) is 141 Å². The number of Topliss-reactive ketones (excluding diaryl/α,β-unsaturated/α-hetero) is 2. The average molecular weight is 1400 g/mol. The number of ketones is 2. The topological polar surface area (TPSA) is 251 Å². The summed E-state index contributed by atoms with van der Waals surface area (Å²) in [7, 11) is 0. The molecule has 4 aliphatic rings. The predicted octanol–water partition coefficient (Wildman–Crippen LogP) is 10.9. The molecule has 0 fully saturated rings. The normalized spacial score (nSPS) is 15.4. The Bertz CT molecular complexity index is 4110. The molecule has 3 N–H and O–H groups in total. The number of fused-ring (bicyclic) bond motifs is 4. The summed E-state index contributed by atoms with van der Waals surface area (Å²) >= 11 is 0. The average Bonchev–Trinajstić information content (AvgIpc) is 1.68. The van der Waals surface area contributed by atoms with Crippen molar-refractivity contribution in [1.82, 2.24) is 44.1 Å². The van der Waals surface area contributed by atoms with E-state index in [0.29, 0.717) is 22.9 Å². The zero-order valence-corrected chi connectivity index (χ0v) is 50.6. The molecule has 2 aromatic carbocycles. The number of nitrogens with zero attached hydrogens (tertiary/aromatic N) is 9. The lowest BCUT2D eigenvalue weighted by Crippen LogP contribution is -2.21. The van der Waals surface area contributed by atoms with Crippen molar-refractivity contribution in [2.45, 2.75) is 154 Å². The number of esters is 2. The van der Waals surface area contributed by atoms with Crippen molar-refractivity contribution in [1.29, 1.82) is 0 Å². The minimum atomic E-state index is -3.26. The Morgan fingerprint density at radius 3 is 1.42 bits per heavy atom. The first-order valence-corrected chi connectivity index (χ1v) is 29.1. The quantitative estimate of drug-likeness (QED) is 0.0502. The van der Waals surface area contributed by atoms with Crippen molar-refractivity contribution in [3.8, 4) is 11.1 Å². The maximum Gasteiger partial charge on any atom is 0.327 e. The number of hydrogen-bond donors (Lipinski definition) is 2. The number of halogens is 17. The van der Waals surface area contributed by atoms with E-state index in [2.05, 4.69) is 30.1 Å². The van der Waals surface area contributed by atoms with Crippen LogP contribution in [0, 0.1) is 17.5 Å². The molecule has 5 heterocycles. The van der Waals surface area contributed by atoms with Gasteiger partial charge >= 0.3 is 17.9 Å². The number of carboxylic acid groups (broad SMARTS) is 1. The lowest BCUT2D eigenvalue weighted by molar-refractivity contribution is -0.145. The molecule has 7 aromatic rings. The molecule has 1 atom stereocenters. The van der Waals surface area contributed by atoms with Crippen molar-refractivity contribution < 1.29 is 118 Å². The summed E-state index contributed by atoms with van der Waals surface area (Å²) in [5.74, 6) is -17.2. The summed E-state index contributed by atoms with van der Waals surface area (Å²) < 4.78 is 239. The van der Waals surface area contributed by atoms with Crippen molar-refractivity contribution in [2.24, 2.45) is 5.73 Å². The van der Waals surface area contributed by atoms with Crippen LogP contribution in [0.15, 0.2) is 54.7 Å². The highest BCUT2D eigenvalue weighted by molar-refractivity contribution is 5.94. The van der Waals surface area contributed by atoms with Crippen LogP contribution in [0.25, 0.3) is 11.1 Å². The lowest BCUT2D eigenvalue weighted by atomic mass is 9.86. The number of rotatable bonds is 21. The largest absolute Gasteiger partial charge is 0.480 e. The number of aliphatic carboxylic acids is 1. The van der Waals surface area contributed by atoms with Crippen LogP contribution in [0.5, 0.6) is 0 Å². The van der Waals surface area contributed by atoms with Crippen LogP contribution in [0.3, 0.4) is 0 Å². The second-order valence-electron chi connectivity index (χ2n) is 22.5. The van der Waals surface area contributed by atoms with E-state index < -0.39 is 183 Å². The van der Waals surface area contributed by atoms with Crippen molar-refractivity contribution in [3.63, 3.8) is 0 Å². The molecule has 0 saturated carbocycles. The molecular formula is C61H55F17N10O9. The molecule has 522 valence electrons. The Morgan fingerprint density at radius 1 is 0.557 bits per heavy atom. The van der Waals surface area contributed by atoms with Crippen LogP contribution in [0.2, 0.25) is 0 Å². The maximum atomic E-state index is 14.2. The fraction of sp³-hybridized carbons (Fsp3) is 0.426. The Morgan fingerprint density at radius 2 is 0.990 bits per heavy atom. The number of aromatic nitrogens is 9. The monoisotopic (exact) mass is 1390 g/mol. The number of carbonyl (C=O) groups excluding carboxylic acids is 5. The molecule has 0 aliphatic heterocycles. The van der Waals surface area contributed by atoms with Gasteiger partial charge in [0.25, 0.3) is 49.4 Å². The number of nitrogens with two attached hydrogens (primary N) is 1.